The molecule has 1 aromatic heterocycles. The highest BCUT2D eigenvalue weighted by Gasteiger charge is 2.37. The number of aromatic amines is 1. The molecule has 0 spiro atoms. The summed E-state index contributed by atoms with van der Waals surface area (Å²) in [4.78, 5) is 12.1. The van der Waals surface area contributed by atoms with Gasteiger partial charge in [-0.15, -0.1) is 0 Å². The second-order valence-electron chi connectivity index (χ2n) is 6.41. The van der Waals surface area contributed by atoms with Gasteiger partial charge in [0.05, 0.1) is 23.0 Å². The van der Waals surface area contributed by atoms with Crippen molar-refractivity contribution in [3.8, 4) is 0 Å². The first-order valence-electron chi connectivity index (χ1n) is 8.70. The second kappa shape index (κ2) is 8.58. The van der Waals surface area contributed by atoms with Crippen LogP contribution in [0.5, 0.6) is 0 Å². The van der Waals surface area contributed by atoms with Crippen LogP contribution in [0.4, 0.5) is 48.2 Å². The molecule has 2 aromatic carbocycles. The lowest BCUT2D eigenvalue weighted by atomic mass is 10.1. The zero-order valence-electron chi connectivity index (χ0n) is 15.5. The maximum Gasteiger partial charge on any atom is 0.416 e. The lowest BCUT2D eigenvalue weighted by Gasteiger charge is -2.15. The topological polar surface area (TPSA) is 81.8 Å². The summed E-state index contributed by atoms with van der Waals surface area (Å²) in [7, 11) is 0. The van der Waals surface area contributed by atoms with Gasteiger partial charge in [0, 0.05) is 24.1 Å². The quantitative estimate of drug-likeness (QED) is 0.382. The highest BCUT2D eigenvalue weighted by Crippen LogP contribution is 2.37. The molecule has 6 nitrogen and oxygen atoms in total. The first kappa shape index (κ1) is 22.0. The van der Waals surface area contributed by atoms with Gasteiger partial charge in [0.2, 0.25) is 0 Å². The van der Waals surface area contributed by atoms with Gasteiger partial charge in [0.1, 0.15) is 0 Å². The van der Waals surface area contributed by atoms with E-state index < -0.39 is 35.2 Å². The van der Waals surface area contributed by atoms with E-state index in [-0.39, 0.29) is 6.07 Å². The van der Waals surface area contributed by atoms with Gasteiger partial charge in [-0.1, -0.05) is 12.1 Å². The fraction of sp³-hybridized carbons (Fsp3) is 0.158. The Morgan fingerprint density at radius 1 is 0.871 bits per heavy atom. The van der Waals surface area contributed by atoms with E-state index in [1.54, 1.807) is 30.6 Å². The summed E-state index contributed by atoms with van der Waals surface area (Å²) in [5.74, 6) is 0. The van der Waals surface area contributed by atoms with Gasteiger partial charge in [0.15, 0.2) is 0 Å². The van der Waals surface area contributed by atoms with Crippen LogP contribution in [-0.2, 0) is 18.9 Å². The van der Waals surface area contributed by atoms with Gasteiger partial charge in [0.25, 0.3) is 0 Å². The van der Waals surface area contributed by atoms with E-state index in [1.165, 1.54) is 6.07 Å². The largest absolute Gasteiger partial charge is 0.416 e. The number of hydrogen-bond donors (Lipinski definition) is 4. The molecule has 0 atom stereocenters. The molecule has 0 aliphatic rings. The summed E-state index contributed by atoms with van der Waals surface area (Å²) in [5.41, 5.74) is -1.89. The SMILES string of the molecule is O=C(Nc1cccc(CNc2cn[nH]c2)c1)Nc1cc(C(F)(F)F)cc(C(F)(F)F)c1. The van der Waals surface area contributed by atoms with Gasteiger partial charge in [-0.05, 0) is 35.9 Å². The third kappa shape index (κ3) is 6.14. The summed E-state index contributed by atoms with van der Waals surface area (Å²) in [6.07, 6.45) is -6.81. The van der Waals surface area contributed by atoms with Crippen molar-refractivity contribution in [3.05, 3.63) is 71.5 Å². The van der Waals surface area contributed by atoms with Gasteiger partial charge >= 0.3 is 18.4 Å². The first-order valence-corrected chi connectivity index (χ1v) is 8.70. The Hall–Kier alpha value is -3.70. The first-order chi connectivity index (χ1) is 14.5. The molecular formula is C19H15F6N5O. The molecule has 0 fully saturated rings. The molecule has 3 rings (SSSR count). The highest BCUT2D eigenvalue weighted by atomic mass is 19.4. The third-order valence-corrected chi connectivity index (χ3v) is 4.03. The normalized spacial score (nSPS) is 11.8. The lowest BCUT2D eigenvalue weighted by Crippen LogP contribution is -2.21. The van der Waals surface area contributed by atoms with Crippen molar-refractivity contribution in [2.45, 2.75) is 18.9 Å². The summed E-state index contributed by atoms with van der Waals surface area (Å²) in [5, 5.41) is 13.9. The van der Waals surface area contributed by atoms with E-state index in [1.807, 2.05) is 5.32 Å². The van der Waals surface area contributed by atoms with Crippen LogP contribution < -0.4 is 16.0 Å². The number of hydrogen-bond acceptors (Lipinski definition) is 3. The van der Waals surface area contributed by atoms with E-state index >= 15 is 0 Å². The molecule has 0 saturated heterocycles. The monoisotopic (exact) mass is 443 g/mol. The molecule has 0 unspecified atom stereocenters. The van der Waals surface area contributed by atoms with Crippen molar-refractivity contribution in [2.75, 3.05) is 16.0 Å². The number of benzene rings is 2. The number of carbonyl (C=O) groups is 1. The smallest absolute Gasteiger partial charge is 0.378 e. The summed E-state index contributed by atoms with van der Waals surface area (Å²) in [6, 6.07) is 6.37. The van der Waals surface area contributed by atoms with Crippen LogP contribution in [0.25, 0.3) is 0 Å². The number of aromatic nitrogens is 2. The molecule has 1 heterocycles. The number of amides is 2. The van der Waals surface area contributed by atoms with E-state index in [0.29, 0.717) is 24.4 Å². The summed E-state index contributed by atoms with van der Waals surface area (Å²) < 4.78 is 77.6. The molecule has 0 radical (unpaired) electrons. The van der Waals surface area contributed by atoms with E-state index in [2.05, 4.69) is 20.8 Å². The zero-order valence-corrected chi connectivity index (χ0v) is 15.5. The third-order valence-electron chi connectivity index (χ3n) is 4.03. The minimum Gasteiger partial charge on any atom is -0.378 e. The molecule has 0 saturated carbocycles. The van der Waals surface area contributed by atoms with Crippen LogP contribution in [0.15, 0.2) is 54.9 Å². The number of carbonyl (C=O) groups excluding carboxylic acids is 1. The lowest BCUT2D eigenvalue weighted by molar-refractivity contribution is -0.143. The van der Waals surface area contributed by atoms with Crippen LogP contribution in [-0.4, -0.2) is 16.2 Å². The number of alkyl halides is 6. The summed E-state index contributed by atoms with van der Waals surface area (Å²) in [6.45, 7) is 0.388. The van der Waals surface area contributed by atoms with Crippen molar-refractivity contribution < 1.29 is 31.1 Å². The standard InChI is InChI=1S/C19H15F6N5O/c20-18(21,22)12-5-13(19(23,24)25)7-15(6-12)30-17(31)29-14-3-1-2-11(4-14)8-26-16-9-27-28-10-16/h1-7,9-10,26H,8H2,(H,27,28)(H2,29,30,31). The fourth-order valence-electron chi connectivity index (χ4n) is 2.63. The number of rotatable bonds is 5. The van der Waals surface area contributed by atoms with Gasteiger partial charge < -0.3 is 16.0 Å². The molecule has 0 bridgehead atoms. The minimum absolute atomic E-state index is 0.0143. The maximum atomic E-state index is 12.9. The van der Waals surface area contributed by atoms with Gasteiger partial charge in [-0.25, -0.2) is 4.79 Å². The average molecular weight is 443 g/mol. The number of anilines is 3. The molecule has 12 heteroatoms. The average Bonchev–Trinajstić information content (AvgIpc) is 3.18. The van der Waals surface area contributed by atoms with E-state index in [0.717, 1.165) is 11.3 Å². The number of nitrogens with one attached hydrogen (secondary N) is 4. The van der Waals surface area contributed by atoms with Crippen molar-refractivity contribution in [1.29, 1.82) is 0 Å². The highest BCUT2D eigenvalue weighted by molar-refractivity contribution is 5.99. The van der Waals surface area contributed by atoms with Crippen LogP contribution in [0.1, 0.15) is 16.7 Å². The minimum atomic E-state index is -5.01. The molecule has 0 aliphatic carbocycles. The predicted molar refractivity (Wildman–Crippen MR) is 101 cm³/mol. The number of urea groups is 1. The fourth-order valence-corrected chi connectivity index (χ4v) is 2.63. The van der Waals surface area contributed by atoms with E-state index in [4.69, 9.17) is 0 Å². The maximum absolute atomic E-state index is 12.9. The number of halogens is 6. The molecule has 2 amide bonds. The molecule has 164 valence electrons. The molecule has 3 aromatic rings. The van der Waals surface area contributed by atoms with Crippen molar-refractivity contribution in [3.63, 3.8) is 0 Å². The Bertz CT molecular complexity index is 1010. The van der Waals surface area contributed by atoms with Gasteiger partial charge in [-0.3, -0.25) is 5.10 Å². The van der Waals surface area contributed by atoms with Crippen LogP contribution in [0.2, 0.25) is 0 Å². The molecule has 4 N–H and O–H groups in total. The Balaban J connectivity index is 1.71. The molecular weight excluding hydrogens is 428 g/mol. The predicted octanol–water partition coefficient (Wildman–Crippen LogP) is 5.70. The van der Waals surface area contributed by atoms with Crippen LogP contribution in [0.3, 0.4) is 0 Å². The number of nitrogens with zero attached hydrogens (tertiary/aromatic N) is 1. The Morgan fingerprint density at radius 2 is 1.52 bits per heavy atom. The Morgan fingerprint density at radius 3 is 2.10 bits per heavy atom. The Labute approximate surface area is 171 Å². The van der Waals surface area contributed by atoms with Crippen molar-refractivity contribution in [1.82, 2.24) is 10.2 Å². The summed E-state index contributed by atoms with van der Waals surface area (Å²) >= 11 is 0. The Kier molecular flexibility index (Phi) is 6.09. The van der Waals surface area contributed by atoms with Crippen molar-refractivity contribution in [2.24, 2.45) is 0 Å². The van der Waals surface area contributed by atoms with Crippen molar-refractivity contribution >= 4 is 23.1 Å². The zero-order chi connectivity index (χ0) is 22.6. The van der Waals surface area contributed by atoms with Crippen LogP contribution >= 0.6 is 0 Å². The molecule has 31 heavy (non-hydrogen) atoms. The van der Waals surface area contributed by atoms with E-state index in [9.17, 15) is 31.1 Å². The second-order valence-corrected chi connectivity index (χ2v) is 6.41. The number of H-pyrrole nitrogens is 1. The van der Waals surface area contributed by atoms with Crippen LogP contribution in [0, 0.1) is 0 Å². The molecule has 0 aliphatic heterocycles. The van der Waals surface area contributed by atoms with Gasteiger partial charge in [-0.2, -0.15) is 31.4 Å².